The van der Waals surface area contributed by atoms with Crippen molar-refractivity contribution < 1.29 is 9.63 Å². The van der Waals surface area contributed by atoms with Crippen LogP contribution in [0.3, 0.4) is 0 Å². The van der Waals surface area contributed by atoms with E-state index < -0.39 is 0 Å². The first-order valence-electron chi connectivity index (χ1n) is 10.4. The average Bonchev–Trinajstić information content (AvgIpc) is 3.42. The molecule has 2 aromatic carbocycles. The Kier molecular flexibility index (Phi) is 7.31. The molecule has 0 aliphatic carbocycles. The number of rotatable bonds is 8. The van der Waals surface area contributed by atoms with Crippen molar-refractivity contribution in [3.8, 4) is 11.1 Å². The normalized spacial score (nSPS) is 15.7. The third-order valence-corrected chi connectivity index (χ3v) is 6.87. The lowest BCUT2D eigenvalue weighted by Gasteiger charge is -2.15. The molecule has 0 saturated heterocycles. The van der Waals surface area contributed by atoms with Crippen molar-refractivity contribution in [3.63, 3.8) is 0 Å². The summed E-state index contributed by atoms with van der Waals surface area (Å²) in [6.07, 6.45) is 1.67. The maximum atomic E-state index is 12.3. The molecule has 0 spiro atoms. The lowest BCUT2D eigenvalue weighted by molar-refractivity contribution is 0.0720. The van der Waals surface area contributed by atoms with E-state index in [0.717, 1.165) is 34.0 Å². The number of carbonyl (C=O) groups is 1. The topological polar surface area (TPSA) is 41.9 Å². The van der Waals surface area contributed by atoms with Crippen LogP contribution < -0.4 is 0 Å². The Bertz CT molecular complexity index is 1140. The molecule has 1 aliphatic heterocycles. The minimum absolute atomic E-state index is 0.0799. The molecule has 7 heteroatoms. The number of carbonyl (C=O) groups excluding carboxylic acids is 1. The fourth-order valence-electron chi connectivity index (χ4n) is 3.77. The highest BCUT2D eigenvalue weighted by Gasteiger charge is 2.23. The number of ketones is 1. The lowest BCUT2D eigenvalue weighted by Crippen LogP contribution is -2.11. The standard InChI is InChI=1S/C25H24Cl2N2O2S/c1-29(2)15-18-7-8-19(26)13-21(18)16-3-5-17(6-4-16)22-14-20(31-28-22)9-10-23(30)24-11-12-25(27)32-24/h3-8,11-13,20H,9-10,14-15H2,1-2H3. The third kappa shape index (κ3) is 5.59. The Morgan fingerprint density at radius 1 is 1.09 bits per heavy atom. The molecule has 1 atom stereocenters. The van der Waals surface area contributed by atoms with Gasteiger partial charge in [0.2, 0.25) is 0 Å². The summed E-state index contributed by atoms with van der Waals surface area (Å²) in [6.45, 7) is 0.840. The Balaban J connectivity index is 1.39. The zero-order valence-corrected chi connectivity index (χ0v) is 20.3. The van der Waals surface area contributed by atoms with Crippen molar-refractivity contribution in [2.45, 2.75) is 31.9 Å². The van der Waals surface area contributed by atoms with Crippen LogP contribution in [0.2, 0.25) is 9.36 Å². The van der Waals surface area contributed by atoms with E-state index in [4.69, 9.17) is 28.0 Å². The van der Waals surface area contributed by atoms with Gasteiger partial charge in [-0.1, -0.05) is 58.7 Å². The molecule has 0 N–H and O–H groups in total. The quantitative estimate of drug-likeness (QED) is 0.323. The van der Waals surface area contributed by atoms with Crippen LogP contribution in [0.15, 0.2) is 59.8 Å². The molecule has 0 bridgehead atoms. The molecular weight excluding hydrogens is 463 g/mol. The summed E-state index contributed by atoms with van der Waals surface area (Å²) < 4.78 is 0.631. The summed E-state index contributed by atoms with van der Waals surface area (Å²) >= 11 is 13.5. The van der Waals surface area contributed by atoms with Crippen LogP contribution in [0.5, 0.6) is 0 Å². The van der Waals surface area contributed by atoms with Gasteiger partial charge in [0, 0.05) is 24.4 Å². The van der Waals surface area contributed by atoms with Crippen LogP contribution in [0, 0.1) is 0 Å². The SMILES string of the molecule is CN(C)Cc1ccc(Cl)cc1-c1ccc(C2=NOC(CCC(=O)c3ccc(Cl)s3)C2)cc1. The maximum Gasteiger partial charge on any atom is 0.172 e. The van der Waals surface area contributed by atoms with Gasteiger partial charge in [-0.15, -0.1) is 11.3 Å². The van der Waals surface area contributed by atoms with E-state index >= 15 is 0 Å². The summed E-state index contributed by atoms with van der Waals surface area (Å²) in [4.78, 5) is 20.7. The van der Waals surface area contributed by atoms with Gasteiger partial charge in [0.05, 0.1) is 14.9 Å². The zero-order valence-electron chi connectivity index (χ0n) is 18.0. The predicted molar refractivity (Wildman–Crippen MR) is 133 cm³/mol. The molecule has 0 radical (unpaired) electrons. The monoisotopic (exact) mass is 486 g/mol. The maximum absolute atomic E-state index is 12.3. The number of Topliss-reactive ketones (excluding diaryl/α,β-unsaturated/α-hetero) is 1. The molecule has 166 valence electrons. The van der Waals surface area contributed by atoms with Crippen LogP contribution in [0.25, 0.3) is 11.1 Å². The van der Waals surface area contributed by atoms with Crippen LogP contribution in [0.4, 0.5) is 0 Å². The number of hydrogen-bond acceptors (Lipinski definition) is 5. The molecule has 3 aromatic rings. The van der Waals surface area contributed by atoms with E-state index in [0.29, 0.717) is 28.5 Å². The van der Waals surface area contributed by atoms with Gasteiger partial charge in [0.15, 0.2) is 5.78 Å². The summed E-state index contributed by atoms with van der Waals surface area (Å²) in [5.74, 6) is 0.0957. The van der Waals surface area contributed by atoms with E-state index in [1.54, 1.807) is 12.1 Å². The van der Waals surface area contributed by atoms with Gasteiger partial charge in [0.25, 0.3) is 0 Å². The Morgan fingerprint density at radius 3 is 2.53 bits per heavy atom. The Morgan fingerprint density at radius 2 is 1.84 bits per heavy atom. The molecule has 0 saturated carbocycles. The smallest absolute Gasteiger partial charge is 0.172 e. The van der Waals surface area contributed by atoms with Gasteiger partial charge in [-0.2, -0.15) is 0 Å². The fraction of sp³-hybridized carbons (Fsp3) is 0.280. The van der Waals surface area contributed by atoms with E-state index in [2.05, 4.69) is 54.5 Å². The number of thiophene rings is 1. The molecular formula is C25H24Cl2N2O2S. The minimum atomic E-state index is -0.0799. The van der Waals surface area contributed by atoms with Gasteiger partial charge < -0.3 is 9.74 Å². The van der Waals surface area contributed by atoms with E-state index in [1.165, 1.54) is 16.9 Å². The second-order valence-electron chi connectivity index (χ2n) is 8.15. The Hall–Kier alpha value is -2.18. The van der Waals surface area contributed by atoms with Crippen molar-refractivity contribution in [2.24, 2.45) is 5.16 Å². The summed E-state index contributed by atoms with van der Waals surface area (Å²) in [5.41, 5.74) is 5.42. The predicted octanol–water partition coefficient (Wildman–Crippen LogP) is 6.94. The first-order valence-corrected chi connectivity index (χ1v) is 12.0. The van der Waals surface area contributed by atoms with E-state index in [1.807, 2.05) is 12.1 Å². The van der Waals surface area contributed by atoms with Gasteiger partial charge >= 0.3 is 0 Å². The van der Waals surface area contributed by atoms with Crippen molar-refractivity contribution >= 4 is 46.0 Å². The van der Waals surface area contributed by atoms with Crippen molar-refractivity contribution in [2.75, 3.05) is 14.1 Å². The molecule has 0 amide bonds. The highest BCUT2D eigenvalue weighted by Crippen LogP contribution is 2.30. The number of benzene rings is 2. The number of hydrogen-bond donors (Lipinski definition) is 0. The molecule has 4 rings (SSSR count). The molecule has 1 aliphatic rings. The van der Waals surface area contributed by atoms with Gasteiger partial charge in [-0.05, 0) is 67.0 Å². The largest absolute Gasteiger partial charge is 0.392 e. The van der Waals surface area contributed by atoms with Crippen LogP contribution >= 0.6 is 34.5 Å². The van der Waals surface area contributed by atoms with Crippen LogP contribution in [0.1, 0.15) is 40.1 Å². The number of halogens is 2. The first kappa shape index (κ1) is 23.0. The van der Waals surface area contributed by atoms with Crippen molar-refractivity contribution in [1.29, 1.82) is 0 Å². The molecule has 32 heavy (non-hydrogen) atoms. The number of oxime groups is 1. The van der Waals surface area contributed by atoms with E-state index in [9.17, 15) is 4.79 Å². The molecule has 2 heterocycles. The van der Waals surface area contributed by atoms with Crippen molar-refractivity contribution in [3.05, 3.63) is 80.0 Å². The second-order valence-corrected chi connectivity index (χ2v) is 10.3. The minimum Gasteiger partial charge on any atom is -0.392 e. The summed E-state index contributed by atoms with van der Waals surface area (Å²) in [5, 5.41) is 5.00. The van der Waals surface area contributed by atoms with Crippen molar-refractivity contribution in [1.82, 2.24) is 4.90 Å². The van der Waals surface area contributed by atoms with Gasteiger partial charge in [-0.3, -0.25) is 4.79 Å². The van der Waals surface area contributed by atoms with Crippen LogP contribution in [-0.2, 0) is 11.4 Å². The lowest BCUT2D eigenvalue weighted by atomic mass is 9.96. The Labute approximate surface area is 202 Å². The number of nitrogens with zero attached hydrogens (tertiary/aromatic N) is 2. The summed E-state index contributed by atoms with van der Waals surface area (Å²) in [6, 6.07) is 17.9. The average molecular weight is 487 g/mol. The van der Waals surface area contributed by atoms with Gasteiger partial charge in [-0.25, -0.2) is 0 Å². The third-order valence-electron chi connectivity index (χ3n) is 5.36. The molecule has 4 nitrogen and oxygen atoms in total. The molecule has 0 fully saturated rings. The second kappa shape index (κ2) is 10.2. The first-order chi connectivity index (χ1) is 15.4. The highest BCUT2D eigenvalue weighted by atomic mass is 35.5. The molecule has 1 aromatic heterocycles. The summed E-state index contributed by atoms with van der Waals surface area (Å²) in [7, 11) is 4.11. The highest BCUT2D eigenvalue weighted by molar-refractivity contribution is 7.18. The van der Waals surface area contributed by atoms with Gasteiger partial charge in [0.1, 0.15) is 6.10 Å². The van der Waals surface area contributed by atoms with Crippen LogP contribution in [-0.4, -0.2) is 36.6 Å². The van der Waals surface area contributed by atoms with E-state index in [-0.39, 0.29) is 11.9 Å². The molecule has 1 unspecified atom stereocenters. The zero-order chi connectivity index (χ0) is 22.7. The fourth-order valence-corrected chi connectivity index (χ4v) is 4.95.